The van der Waals surface area contributed by atoms with Crippen LogP contribution in [0.4, 0.5) is 4.79 Å². The number of benzene rings is 1. The number of ether oxygens (including phenoxy) is 1. The number of hydrogen-bond acceptors (Lipinski definition) is 2. The first-order chi connectivity index (χ1) is 10.9. The number of carbonyl (C=O) groups is 1. The fourth-order valence-corrected chi connectivity index (χ4v) is 6.40. The first kappa shape index (κ1) is 15.6. The third-order valence-corrected chi connectivity index (χ3v) is 7.04. The van der Waals surface area contributed by atoms with Crippen LogP contribution in [-0.4, -0.2) is 5.30 Å². The molecule has 1 aromatic rings. The maximum absolute atomic E-state index is 11.8. The summed E-state index contributed by atoms with van der Waals surface area (Å²) in [5.41, 5.74) is 1.90. The smallest absolute Gasteiger partial charge is 0.365 e. The highest BCUT2D eigenvalue weighted by molar-refractivity contribution is 7.96. The van der Waals surface area contributed by atoms with Gasteiger partial charge in [-0.3, -0.25) is 0 Å². The fraction of sp³-hybridized carbons (Fsp3) is 0.650. The second kappa shape index (κ2) is 5.27. The highest BCUT2D eigenvalue weighted by atomic mass is 32.1. The average molecular weight is 330 g/mol. The molecule has 5 rings (SSSR count). The zero-order valence-electron chi connectivity index (χ0n) is 14.0. The zero-order valence-corrected chi connectivity index (χ0v) is 14.9. The van der Waals surface area contributed by atoms with E-state index in [-0.39, 0.29) is 5.41 Å². The molecule has 0 amide bonds. The lowest BCUT2D eigenvalue weighted by atomic mass is 9.45. The van der Waals surface area contributed by atoms with Crippen LogP contribution in [-0.2, 0) is 10.3 Å². The van der Waals surface area contributed by atoms with Gasteiger partial charge in [-0.2, -0.15) is 0 Å². The Morgan fingerprint density at radius 3 is 2.00 bits per heavy atom. The molecule has 124 valence electrons. The van der Waals surface area contributed by atoms with E-state index in [0.29, 0.717) is 0 Å². The fourth-order valence-electron chi connectivity index (χ4n) is 6.21. The molecule has 1 aromatic carbocycles. The van der Waals surface area contributed by atoms with Crippen LogP contribution in [0.15, 0.2) is 24.3 Å². The molecule has 4 saturated carbocycles. The first-order valence-corrected chi connectivity index (χ1v) is 9.34. The standard InChI is InChI=1S/C20H26O2S/c1-13-3-5-17(6-4-13)19(2,22-18(21)23)20-10-14-7-15(11-20)9-16(8-14)12-20/h3-6,14-16H,7-12H2,1-2H3,(H,21,23). The topological polar surface area (TPSA) is 26.3 Å². The van der Waals surface area contributed by atoms with E-state index in [4.69, 9.17) is 4.74 Å². The Kier molecular flexibility index (Phi) is 3.57. The van der Waals surface area contributed by atoms with Crippen molar-refractivity contribution in [3.8, 4) is 0 Å². The van der Waals surface area contributed by atoms with Gasteiger partial charge in [-0.25, -0.2) is 4.79 Å². The Hall–Kier alpha value is -0.960. The van der Waals surface area contributed by atoms with Crippen molar-refractivity contribution >= 4 is 17.9 Å². The van der Waals surface area contributed by atoms with Gasteiger partial charge in [0.15, 0.2) is 0 Å². The maximum atomic E-state index is 11.8. The molecule has 0 spiro atoms. The van der Waals surface area contributed by atoms with Crippen molar-refractivity contribution in [1.82, 2.24) is 0 Å². The van der Waals surface area contributed by atoms with Crippen LogP contribution in [0.5, 0.6) is 0 Å². The van der Waals surface area contributed by atoms with Crippen molar-refractivity contribution in [3.05, 3.63) is 35.4 Å². The van der Waals surface area contributed by atoms with Gasteiger partial charge in [0.05, 0.1) is 0 Å². The van der Waals surface area contributed by atoms with E-state index in [0.717, 1.165) is 23.3 Å². The summed E-state index contributed by atoms with van der Waals surface area (Å²) in [6, 6.07) is 8.54. The van der Waals surface area contributed by atoms with Gasteiger partial charge in [-0.1, -0.05) is 42.5 Å². The molecule has 0 aromatic heterocycles. The third-order valence-electron chi connectivity index (χ3n) is 6.94. The average Bonchev–Trinajstić information content (AvgIpc) is 2.45. The van der Waals surface area contributed by atoms with E-state index in [1.807, 2.05) is 0 Å². The molecule has 4 aliphatic rings. The van der Waals surface area contributed by atoms with Gasteiger partial charge in [0.1, 0.15) is 5.60 Å². The summed E-state index contributed by atoms with van der Waals surface area (Å²) in [4.78, 5) is 11.8. The molecule has 0 saturated heterocycles. The lowest BCUT2D eigenvalue weighted by Gasteiger charge is -2.62. The van der Waals surface area contributed by atoms with Crippen LogP contribution in [0.3, 0.4) is 0 Å². The predicted molar refractivity (Wildman–Crippen MR) is 94.6 cm³/mol. The van der Waals surface area contributed by atoms with Gasteiger partial charge in [0.25, 0.3) is 0 Å². The largest absolute Gasteiger partial charge is 0.446 e. The highest BCUT2D eigenvalue weighted by Gasteiger charge is 2.61. The number of rotatable bonds is 3. The summed E-state index contributed by atoms with van der Waals surface area (Å²) in [7, 11) is 0. The number of thiol groups is 1. The lowest BCUT2D eigenvalue weighted by molar-refractivity contribution is -0.172. The minimum Gasteiger partial charge on any atom is -0.446 e. The Bertz CT molecular complexity index is 586. The normalized spacial score (nSPS) is 37.4. The molecule has 1 unspecified atom stereocenters. The SMILES string of the molecule is Cc1ccc(C(C)(OC(=O)S)C23CC4CC(CC(C4)C2)C3)cc1. The minimum atomic E-state index is -0.560. The molecule has 3 heteroatoms. The predicted octanol–water partition coefficient (Wildman–Crippen LogP) is 5.49. The maximum Gasteiger partial charge on any atom is 0.365 e. The van der Waals surface area contributed by atoms with Gasteiger partial charge in [0.2, 0.25) is 0 Å². The summed E-state index contributed by atoms with van der Waals surface area (Å²) in [6.45, 7) is 4.23. The molecule has 0 heterocycles. The number of aryl methyl sites for hydroxylation is 1. The summed E-state index contributed by atoms with van der Waals surface area (Å²) in [6.07, 6.45) is 7.76. The number of hydrogen-bond donors (Lipinski definition) is 1. The summed E-state index contributed by atoms with van der Waals surface area (Å²) >= 11 is 3.97. The van der Waals surface area contributed by atoms with Gasteiger partial charge < -0.3 is 4.74 Å². The molecule has 4 aliphatic carbocycles. The van der Waals surface area contributed by atoms with Crippen LogP contribution < -0.4 is 0 Å². The van der Waals surface area contributed by atoms with Crippen molar-refractivity contribution in [1.29, 1.82) is 0 Å². The number of carbonyl (C=O) groups excluding carboxylic acids is 1. The van der Waals surface area contributed by atoms with Crippen molar-refractivity contribution in [3.63, 3.8) is 0 Å². The molecule has 0 radical (unpaired) electrons. The Morgan fingerprint density at radius 1 is 1.09 bits per heavy atom. The van der Waals surface area contributed by atoms with E-state index in [9.17, 15) is 4.79 Å². The van der Waals surface area contributed by atoms with E-state index in [1.54, 1.807) is 0 Å². The Labute approximate surface area is 144 Å². The Morgan fingerprint density at radius 2 is 1.57 bits per heavy atom. The molecule has 0 N–H and O–H groups in total. The summed E-state index contributed by atoms with van der Waals surface area (Å²) < 4.78 is 5.97. The van der Waals surface area contributed by atoms with E-state index < -0.39 is 10.9 Å². The Balaban J connectivity index is 1.79. The van der Waals surface area contributed by atoms with Gasteiger partial charge in [0, 0.05) is 5.41 Å². The minimum absolute atomic E-state index is 0.0927. The van der Waals surface area contributed by atoms with Crippen LogP contribution in [0.2, 0.25) is 0 Å². The second-order valence-electron chi connectivity index (χ2n) is 8.47. The molecular weight excluding hydrogens is 304 g/mol. The van der Waals surface area contributed by atoms with E-state index in [2.05, 4.69) is 50.7 Å². The monoisotopic (exact) mass is 330 g/mol. The third kappa shape index (κ3) is 2.43. The van der Waals surface area contributed by atoms with Crippen LogP contribution in [0, 0.1) is 30.1 Å². The van der Waals surface area contributed by atoms with Crippen molar-refractivity contribution in [2.75, 3.05) is 0 Å². The van der Waals surface area contributed by atoms with Gasteiger partial charge >= 0.3 is 5.30 Å². The lowest BCUT2D eigenvalue weighted by Crippen LogP contribution is -2.56. The highest BCUT2D eigenvalue weighted by Crippen LogP contribution is 2.66. The van der Waals surface area contributed by atoms with Crippen molar-refractivity contribution in [2.24, 2.45) is 23.2 Å². The quantitative estimate of drug-likeness (QED) is 0.585. The van der Waals surface area contributed by atoms with Crippen molar-refractivity contribution in [2.45, 2.75) is 58.0 Å². The second-order valence-corrected chi connectivity index (χ2v) is 8.83. The first-order valence-electron chi connectivity index (χ1n) is 8.89. The molecule has 1 atom stereocenters. The van der Waals surface area contributed by atoms with Crippen LogP contribution in [0.1, 0.15) is 56.6 Å². The molecule has 2 nitrogen and oxygen atoms in total. The van der Waals surface area contributed by atoms with Gasteiger partial charge in [-0.05, 0) is 75.7 Å². The molecular formula is C20H26O2S. The van der Waals surface area contributed by atoms with Crippen molar-refractivity contribution < 1.29 is 9.53 Å². The van der Waals surface area contributed by atoms with Gasteiger partial charge in [-0.15, -0.1) is 0 Å². The van der Waals surface area contributed by atoms with Crippen LogP contribution in [0.25, 0.3) is 0 Å². The molecule has 4 bridgehead atoms. The summed E-state index contributed by atoms with van der Waals surface area (Å²) in [5.74, 6) is 2.47. The molecule has 23 heavy (non-hydrogen) atoms. The summed E-state index contributed by atoms with van der Waals surface area (Å²) in [5, 5.41) is -0.455. The van der Waals surface area contributed by atoms with E-state index >= 15 is 0 Å². The van der Waals surface area contributed by atoms with E-state index in [1.165, 1.54) is 44.1 Å². The molecule has 0 aliphatic heterocycles. The zero-order chi connectivity index (χ0) is 16.2. The van der Waals surface area contributed by atoms with Crippen LogP contribution >= 0.6 is 12.6 Å². The molecule has 4 fully saturated rings.